The van der Waals surface area contributed by atoms with Gasteiger partial charge in [-0.25, -0.2) is 4.79 Å². The van der Waals surface area contributed by atoms with E-state index in [1.807, 2.05) is 5.32 Å². The Bertz CT molecular complexity index is 366. The summed E-state index contributed by atoms with van der Waals surface area (Å²) in [6, 6.07) is -1.40. The van der Waals surface area contributed by atoms with Gasteiger partial charge in [-0.05, 0) is 0 Å². The van der Waals surface area contributed by atoms with Crippen LogP contribution in [-0.2, 0) is 14.3 Å². The normalized spacial score (nSPS) is 13.7. The molecule has 0 aromatic carbocycles. The smallest absolute Gasteiger partial charge is 0.394 e. The molecular formula is C12H18F3NO4. The highest BCUT2D eigenvalue weighted by molar-refractivity contribution is 5.84. The predicted molar refractivity (Wildman–Crippen MR) is 65.0 cm³/mol. The van der Waals surface area contributed by atoms with E-state index in [1.165, 1.54) is 6.08 Å². The van der Waals surface area contributed by atoms with E-state index in [4.69, 9.17) is 9.84 Å². The minimum atomic E-state index is -4.55. The number of hydrogen-bond donors (Lipinski definition) is 2. The second-order valence-corrected chi connectivity index (χ2v) is 4.84. The molecule has 0 radical (unpaired) electrons. The van der Waals surface area contributed by atoms with Gasteiger partial charge in [0.2, 0.25) is 5.91 Å². The summed E-state index contributed by atoms with van der Waals surface area (Å²) < 4.78 is 42.7. The van der Waals surface area contributed by atoms with Crippen LogP contribution in [-0.4, -0.2) is 42.4 Å². The third-order valence-electron chi connectivity index (χ3n) is 2.52. The van der Waals surface area contributed by atoms with Gasteiger partial charge in [0.05, 0.1) is 18.6 Å². The Labute approximate surface area is 114 Å². The summed E-state index contributed by atoms with van der Waals surface area (Å²) in [7, 11) is 0. The summed E-state index contributed by atoms with van der Waals surface area (Å²) in [5.74, 6) is -2.38. The Hall–Kier alpha value is -1.57. The van der Waals surface area contributed by atoms with Crippen LogP contribution in [0.25, 0.3) is 0 Å². The number of amides is 1. The molecule has 0 bridgehead atoms. The number of halogens is 3. The fourth-order valence-electron chi connectivity index (χ4n) is 1.19. The van der Waals surface area contributed by atoms with Crippen LogP contribution < -0.4 is 5.32 Å². The van der Waals surface area contributed by atoms with Gasteiger partial charge in [-0.15, -0.1) is 6.58 Å². The van der Waals surface area contributed by atoms with Crippen molar-refractivity contribution in [3.8, 4) is 0 Å². The van der Waals surface area contributed by atoms with Crippen molar-refractivity contribution in [3.05, 3.63) is 12.7 Å². The molecule has 1 atom stereocenters. The maximum atomic E-state index is 12.6. The van der Waals surface area contributed by atoms with Crippen LogP contribution in [0.1, 0.15) is 20.3 Å². The van der Waals surface area contributed by atoms with Crippen molar-refractivity contribution < 1.29 is 32.6 Å². The summed E-state index contributed by atoms with van der Waals surface area (Å²) in [5, 5.41) is 10.8. The molecule has 20 heavy (non-hydrogen) atoms. The SMILES string of the molecule is C=CCOCC(NC(=O)CC(C)(C)C(F)(F)F)C(=O)O. The van der Waals surface area contributed by atoms with Crippen molar-refractivity contribution in [1.82, 2.24) is 5.32 Å². The number of carboxylic acids is 1. The number of nitrogens with one attached hydrogen (secondary N) is 1. The second-order valence-electron chi connectivity index (χ2n) is 4.84. The summed E-state index contributed by atoms with van der Waals surface area (Å²) in [6.07, 6.45) is -4.03. The standard InChI is InChI=1S/C12H18F3NO4/c1-4-5-20-7-8(10(18)19)16-9(17)6-11(2,3)12(13,14)15/h4,8H,1,5-7H2,2-3H3,(H,16,17)(H,18,19). The molecule has 0 aliphatic carbocycles. The van der Waals surface area contributed by atoms with Crippen LogP contribution >= 0.6 is 0 Å². The van der Waals surface area contributed by atoms with Crippen molar-refractivity contribution in [2.24, 2.45) is 5.41 Å². The maximum Gasteiger partial charge on any atom is 0.394 e. The van der Waals surface area contributed by atoms with Crippen LogP contribution in [0.5, 0.6) is 0 Å². The highest BCUT2D eigenvalue weighted by Crippen LogP contribution is 2.40. The Morgan fingerprint density at radius 1 is 1.40 bits per heavy atom. The zero-order valence-corrected chi connectivity index (χ0v) is 11.3. The third-order valence-corrected chi connectivity index (χ3v) is 2.52. The zero-order chi connectivity index (χ0) is 16.0. The monoisotopic (exact) mass is 297 g/mol. The maximum absolute atomic E-state index is 12.6. The van der Waals surface area contributed by atoms with Gasteiger partial charge in [-0.1, -0.05) is 19.9 Å². The molecule has 0 aromatic heterocycles. The van der Waals surface area contributed by atoms with E-state index in [-0.39, 0.29) is 13.2 Å². The summed E-state index contributed by atoms with van der Waals surface area (Å²) >= 11 is 0. The predicted octanol–water partition coefficient (Wildman–Crippen LogP) is 1.74. The number of alkyl halides is 3. The molecule has 0 aromatic rings. The van der Waals surface area contributed by atoms with Gasteiger partial charge in [0.15, 0.2) is 6.04 Å². The lowest BCUT2D eigenvalue weighted by molar-refractivity contribution is -0.213. The molecule has 0 heterocycles. The first-order valence-electron chi connectivity index (χ1n) is 5.79. The number of aliphatic carboxylic acids is 1. The molecule has 0 spiro atoms. The van der Waals surface area contributed by atoms with Crippen LogP contribution in [0.2, 0.25) is 0 Å². The lowest BCUT2D eigenvalue weighted by atomic mass is 9.88. The van der Waals surface area contributed by atoms with E-state index in [1.54, 1.807) is 0 Å². The Balaban J connectivity index is 4.54. The number of carbonyl (C=O) groups is 2. The molecule has 0 aliphatic rings. The average molecular weight is 297 g/mol. The van der Waals surface area contributed by atoms with Gasteiger partial charge in [-0.3, -0.25) is 4.79 Å². The molecule has 8 heteroatoms. The molecule has 116 valence electrons. The summed E-state index contributed by atoms with van der Waals surface area (Å²) in [6.45, 7) is 4.83. The third kappa shape index (κ3) is 6.05. The molecular weight excluding hydrogens is 279 g/mol. The first-order chi connectivity index (χ1) is 9.01. The summed E-state index contributed by atoms with van der Waals surface area (Å²) in [4.78, 5) is 22.4. The molecule has 1 unspecified atom stereocenters. The van der Waals surface area contributed by atoms with Crippen LogP contribution in [0, 0.1) is 5.41 Å². The van der Waals surface area contributed by atoms with E-state index in [9.17, 15) is 22.8 Å². The zero-order valence-electron chi connectivity index (χ0n) is 11.3. The first-order valence-corrected chi connectivity index (χ1v) is 5.79. The van der Waals surface area contributed by atoms with Crippen molar-refractivity contribution in [2.75, 3.05) is 13.2 Å². The van der Waals surface area contributed by atoms with Gasteiger partial charge >= 0.3 is 12.1 Å². The minimum Gasteiger partial charge on any atom is -0.480 e. The van der Waals surface area contributed by atoms with Crippen molar-refractivity contribution in [1.29, 1.82) is 0 Å². The number of hydrogen-bond acceptors (Lipinski definition) is 3. The number of carbonyl (C=O) groups excluding carboxylic acids is 1. The van der Waals surface area contributed by atoms with E-state index in [0.717, 1.165) is 13.8 Å². The van der Waals surface area contributed by atoms with Gasteiger partial charge < -0.3 is 15.2 Å². The van der Waals surface area contributed by atoms with Crippen molar-refractivity contribution in [3.63, 3.8) is 0 Å². The average Bonchev–Trinajstić information content (AvgIpc) is 2.25. The molecule has 0 saturated heterocycles. The van der Waals surface area contributed by atoms with Crippen LogP contribution in [0.4, 0.5) is 13.2 Å². The topological polar surface area (TPSA) is 75.6 Å². The largest absolute Gasteiger partial charge is 0.480 e. The molecule has 0 aliphatic heterocycles. The minimum absolute atomic E-state index is 0.0771. The number of ether oxygens (including phenoxy) is 1. The van der Waals surface area contributed by atoms with E-state index < -0.39 is 35.9 Å². The van der Waals surface area contributed by atoms with E-state index >= 15 is 0 Å². The molecule has 2 N–H and O–H groups in total. The Kier molecular flexibility index (Phi) is 6.70. The van der Waals surface area contributed by atoms with Crippen molar-refractivity contribution >= 4 is 11.9 Å². The fourth-order valence-corrected chi connectivity index (χ4v) is 1.19. The highest BCUT2D eigenvalue weighted by atomic mass is 19.4. The van der Waals surface area contributed by atoms with Crippen LogP contribution in [0.3, 0.4) is 0 Å². The van der Waals surface area contributed by atoms with Gasteiger partial charge in [-0.2, -0.15) is 13.2 Å². The van der Waals surface area contributed by atoms with Gasteiger partial charge in [0.1, 0.15) is 0 Å². The molecule has 0 rings (SSSR count). The molecule has 1 amide bonds. The van der Waals surface area contributed by atoms with Gasteiger partial charge in [0.25, 0.3) is 0 Å². The lowest BCUT2D eigenvalue weighted by Crippen LogP contribution is -2.46. The second kappa shape index (κ2) is 7.28. The van der Waals surface area contributed by atoms with E-state index in [2.05, 4.69) is 6.58 Å². The molecule has 0 saturated carbocycles. The quantitative estimate of drug-likeness (QED) is 0.528. The molecule has 0 fully saturated rings. The Morgan fingerprint density at radius 2 is 1.95 bits per heavy atom. The number of rotatable bonds is 8. The molecule has 5 nitrogen and oxygen atoms in total. The fraction of sp³-hybridized carbons (Fsp3) is 0.667. The van der Waals surface area contributed by atoms with Gasteiger partial charge in [0, 0.05) is 6.42 Å². The van der Waals surface area contributed by atoms with E-state index in [0.29, 0.717) is 0 Å². The first kappa shape index (κ1) is 18.4. The summed E-state index contributed by atoms with van der Waals surface area (Å²) in [5.41, 5.74) is -2.23. The Morgan fingerprint density at radius 3 is 2.35 bits per heavy atom. The van der Waals surface area contributed by atoms with Crippen molar-refractivity contribution in [2.45, 2.75) is 32.5 Å². The number of carboxylic acid groups (broad SMARTS) is 1. The lowest BCUT2D eigenvalue weighted by Gasteiger charge is -2.27. The van der Waals surface area contributed by atoms with Crippen LogP contribution in [0.15, 0.2) is 12.7 Å². The highest BCUT2D eigenvalue weighted by Gasteiger charge is 2.48.